The SMILES string of the molecule is CC(C)CC(=O)C1CC(=O)C=C2N(C)C[C@H]3[C@@H]4CCC[C@@]4(C)CC[C@@H]3[C@]21C. The summed E-state index contributed by atoms with van der Waals surface area (Å²) in [4.78, 5) is 28.2. The highest BCUT2D eigenvalue weighted by atomic mass is 16.1. The van der Waals surface area contributed by atoms with Crippen molar-refractivity contribution in [2.24, 2.45) is 40.4 Å². The second kappa shape index (κ2) is 6.46. The van der Waals surface area contributed by atoms with Gasteiger partial charge in [-0.1, -0.05) is 34.1 Å². The van der Waals surface area contributed by atoms with Crippen molar-refractivity contribution in [1.29, 1.82) is 0 Å². The Labute approximate surface area is 165 Å². The molecule has 4 rings (SSSR count). The number of carbonyl (C=O) groups excluding carboxylic acids is 2. The predicted molar refractivity (Wildman–Crippen MR) is 108 cm³/mol. The molecule has 0 aromatic heterocycles. The minimum Gasteiger partial charge on any atom is -0.377 e. The zero-order chi connectivity index (χ0) is 19.6. The van der Waals surface area contributed by atoms with Gasteiger partial charge < -0.3 is 4.90 Å². The highest BCUT2D eigenvalue weighted by Crippen LogP contribution is 2.65. The Morgan fingerprint density at radius 1 is 1.22 bits per heavy atom. The van der Waals surface area contributed by atoms with Crippen LogP contribution < -0.4 is 0 Å². The zero-order valence-corrected chi connectivity index (χ0v) is 17.9. The van der Waals surface area contributed by atoms with E-state index < -0.39 is 0 Å². The second-order valence-corrected chi connectivity index (χ2v) is 10.9. The van der Waals surface area contributed by atoms with E-state index in [0.717, 1.165) is 18.2 Å². The monoisotopic (exact) mass is 371 g/mol. The van der Waals surface area contributed by atoms with Crippen LogP contribution in [-0.2, 0) is 9.59 Å². The maximum Gasteiger partial charge on any atom is 0.158 e. The number of allylic oxidation sites excluding steroid dienone is 2. The van der Waals surface area contributed by atoms with Crippen molar-refractivity contribution in [2.75, 3.05) is 13.6 Å². The van der Waals surface area contributed by atoms with Crippen molar-refractivity contribution >= 4 is 11.6 Å². The molecule has 1 unspecified atom stereocenters. The minimum atomic E-state index is -0.165. The van der Waals surface area contributed by atoms with Crippen molar-refractivity contribution in [3.05, 3.63) is 11.8 Å². The van der Waals surface area contributed by atoms with Gasteiger partial charge in [0.1, 0.15) is 5.78 Å². The molecular formula is C24H37NO2. The van der Waals surface area contributed by atoms with Crippen LogP contribution in [0.2, 0.25) is 0 Å². The standard InChI is InChI=1S/C24H37NO2/c1-15(2)11-21(27)20-12-16(26)13-22-24(20,4)19-8-10-23(3)9-6-7-18(23)17(19)14-25(22)5/h13,15,17-20H,6-12,14H2,1-5H3/t17-,18-,19-,20?,23-,24-/m0/s1. The number of fused-ring (bicyclic) bond motifs is 5. The normalized spacial score (nSPS) is 43.9. The molecule has 150 valence electrons. The Hall–Kier alpha value is -1.12. The van der Waals surface area contributed by atoms with Crippen LogP contribution >= 0.6 is 0 Å². The summed E-state index contributed by atoms with van der Waals surface area (Å²) in [6.45, 7) is 10.1. The fourth-order valence-electron chi connectivity index (χ4n) is 7.62. The number of Topliss-reactive ketones (excluding diaryl/α,β-unsaturated/α-hetero) is 1. The van der Waals surface area contributed by atoms with E-state index in [1.165, 1.54) is 32.1 Å². The molecule has 1 aliphatic heterocycles. The molecule has 0 aromatic rings. The highest BCUT2D eigenvalue weighted by Gasteiger charge is 2.61. The number of nitrogens with zero attached hydrogens (tertiary/aromatic N) is 1. The maximum atomic E-state index is 13.3. The van der Waals surface area contributed by atoms with Gasteiger partial charge in [-0.3, -0.25) is 9.59 Å². The third-order valence-electron chi connectivity index (χ3n) is 8.86. The van der Waals surface area contributed by atoms with E-state index in [1.54, 1.807) is 0 Å². The summed E-state index contributed by atoms with van der Waals surface area (Å²) in [5.74, 6) is 2.69. The number of hydrogen-bond acceptors (Lipinski definition) is 3. The molecule has 1 saturated heterocycles. The molecule has 0 bridgehead atoms. The van der Waals surface area contributed by atoms with Crippen molar-refractivity contribution in [2.45, 2.75) is 72.6 Å². The zero-order valence-electron chi connectivity index (χ0n) is 17.9. The first kappa shape index (κ1) is 19.2. The second-order valence-electron chi connectivity index (χ2n) is 10.9. The molecule has 3 aliphatic carbocycles. The van der Waals surface area contributed by atoms with Crippen LogP contribution in [0, 0.1) is 40.4 Å². The number of rotatable bonds is 3. The smallest absolute Gasteiger partial charge is 0.158 e. The molecule has 2 saturated carbocycles. The first-order valence-electron chi connectivity index (χ1n) is 11.2. The summed E-state index contributed by atoms with van der Waals surface area (Å²) in [6.07, 6.45) is 9.51. The Morgan fingerprint density at radius 3 is 2.67 bits per heavy atom. The summed E-state index contributed by atoms with van der Waals surface area (Å²) in [5, 5.41) is 0. The fourth-order valence-corrected chi connectivity index (χ4v) is 7.62. The topological polar surface area (TPSA) is 37.4 Å². The lowest BCUT2D eigenvalue weighted by Gasteiger charge is -2.61. The van der Waals surface area contributed by atoms with E-state index in [1.807, 2.05) is 6.08 Å². The van der Waals surface area contributed by atoms with Crippen LogP contribution in [0.15, 0.2) is 11.8 Å². The number of ketones is 2. The van der Waals surface area contributed by atoms with E-state index >= 15 is 0 Å². The average molecular weight is 372 g/mol. The van der Waals surface area contributed by atoms with Crippen LogP contribution in [0.3, 0.4) is 0 Å². The molecule has 0 aromatic carbocycles. The molecule has 0 radical (unpaired) electrons. The summed E-state index contributed by atoms with van der Waals surface area (Å²) in [6, 6.07) is 0. The summed E-state index contributed by atoms with van der Waals surface area (Å²) in [7, 11) is 2.16. The third-order valence-corrected chi connectivity index (χ3v) is 8.86. The fraction of sp³-hybridized carbons (Fsp3) is 0.833. The average Bonchev–Trinajstić information content (AvgIpc) is 2.97. The van der Waals surface area contributed by atoms with E-state index in [9.17, 15) is 9.59 Å². The molecule has 6 atom stereocenters. The van der Waals surface area contributed by atoms with Crippen LogP contribution in [0.25, 0.3) is 0 Å². The molecule has 4 aliphatic rings. The number of piperidine rings is 1. The third kappa shape index (κ3) is 2.83. The molecule has 3 heteroatoms. The molecule has 0 amide bonds. The van der Waals surface area contributed by atoms with Gasteiger partial charge in [0.15, 0.2) is 5.78 Å². The number of hydrogen-bond donors (Lipinski definition) is 0. The van der Waals surface area contributed by atoms with E-state index in [-0.39, 0.29) is 17.1 Å². The summed E-state index contributed by atoms with van der Waals surface area (Å²) in [5.41, 5.74) is 1.49. The minimum absolute atomic E-state index is 0.131. The van der Waals surface area contributed by atoms with Gasteiger partial charge in [0.05, 0.1) is 0 Å². The first-order chi connectivity index (χ1) is 12.7. The lowest BCUT2D eigenvalue weighted by molar-refractivity contribution is -0.141. The molecule has 1 heterocycles. The summed E-state index contributed by atoms with van der Waals surface area (Å²) >= 11 is 0. The first-order valence-corrected chi connectivity index (χ1v) is 11.2. The number of likely N-dealkylation sites (tertiary alicyclic amines) is 1. The van der Waals surface area contributed by atoms with Crippen LogP contribution in [0.4, 0.5) is 0 Å². The van der Waals surface area contributed by atoms with Gasteiger partial charge in [-0.15, -0.1) is 0 Å². The van der Waals surface area contributed by atoms with Gasteiger partial charge in [0, 0.05) is 49.5 Å². The van der Waals surface area contributed by atoms with Crippen molar-refractivity contribution in [1.82, 2.24) is 4.90 Å². The van der Waals surface area contributed by atoms with Crippen molar-refractivity contribution in [3.8, 4) is 0 Å². The summed E-state index contributed by atoms with van der Waals surface area (Å²) < 4.78 is 0. The molecule has 0 spiro atoms. The largest absolute Gasteiger partial charge is 0.377 e. The van der Waals surface area contributed by atoms with Crippen molar-refractivity contribution < 1.29 is 9.59 Å². The Kier molecular flexibility index (Phi) is 4.59. The Morgan fingerprint density at radius 2 is 1.96 bits per heavy atom. The Bertz CT molecular complexity index is 680. The molecule has 3 fully saturated rings. The van der Waals surface area contributed by atoms with Crippen LogP contribution in [0.1, 0.15) is 72.6 Å². The van der Waals surface area contributed by atoms with Gasteiger partial charge in [-0.2, -0.15) is 0 Å². The predicted octanol–water partition coefficient (Wildman–Crippen LogP) is 4.86. The highest BCUT2D eigenvalue weighted by molar-refractivity contribution is 5.97. The quantitative estimate of drug-likeness (QED) is 0.711. The lowest BCUT2D eigenvalue weighted by Crippen LogP contribution is -2.60. The molecular weight excluding hydrogens is 334 g/mol. The van der Waals surface area contributed by atoms with E-state index in [0.29, 0.717) is 41.8 Å². The van der Waals surface area contributed by atoms with Gasteiger partial charge in [-0.05, 0) is 54.8 Å². The molecule has 3 nitrogen and oxygen atoms in total. The van der Waals surface area contributed by atoms with E-state index in [4.69, 9.17) is 0 Å². The maximum absolute atomic E-state index is 13.3. The van der Waals surface area contributed by atoms with E-state index in [2.05, 4.69) is 39.6 Å². The van der Waals surface area contributed by atoms with Gasteiger partial charge in [0.2, 0.25) is 0 Å². The molecule has 0 N–H and O–H groups in total. The lowest BCUT2D eigenvalue weighted by atomic mass is 9.47. The number of carbonyl (C=O) groups is 2. The van der Waals surface area contributed by atoms with Gasteiger partial charge in [-0.25, -0.2) is 0 Å². The van der Waals surface area contributed by atoms with Gasteiger partial charge in [0.25, 0.3) is 0 Å². The van der Waals surface area contributed by atoms with Crippen LogP contribution in [0.5, 0.6) is 0 Å². The van der Waals surface area contributed by atoms with Gasteiger partial charge >= 0.3 is 0 Å². The molecule has 27 heavy (non-hydrogen) atoms. The Balaban J connectivity index is 1.75. The van der Waals surface area contributed by atoms with Crippen molar-refractivity contribution in [3.63, 3.8) is 0 Å². The van der Waals surface area contributed by atoms with Crippen LogP contribution in [-0.4, -0.2) is 30.1 Å².